The van der Waals surface area contributed by atoms with Crippen LogP contribution in [0.2, 0.25) is 25.7 Å². The van der Waals surface area contributed by atoms with E-state index < -0.39 is 19.9 Å². The average Bonchev–Trinajstić information content (AvgIpc) is 3.62. The Kier molecular flexibility index (Phi) is 7.89. The van der Waals surface area contributed by atoms with Gasteiger partial charge in [0, 0.05) is 32.0 Å². The van der Waals surface area contributed by atoms with Gasteiger partial charge in [0.1, 0.15) is 35.1 Å². The van der Waals surface area contributed by atoms with Gasteiger partial charge < -0.3 is 23.5 Å². The Labute approximate surface area is 218 Å². The van der Waals surface area contributed by atoms with Gasteiger partial charge in [-0.3, -0.25) is 0 Å². The lowest BCUT2D eigenvalue weighted by Gasteiger charge is -2.18. The molecule has 0 saturated heterocycles. The van der Waals surface area contributed by atoms with Gasteiger partial charge in [-0.1, -0.05) is 19.6 Å². The number of esters is 1. The number of hydrogen-bond donors (Lipinski definition) is 0. The van der Waals surface area contributed by atoms with Crippen molar-refractivity contribution in [1.82, 2.24) is 14.5 Å². The number of carbonyl (C=O) groups is 1. The third kappa shape index (κ3) is 5.96. The van der Waals surface area contributed by atoms with Crippen LogP contribution in [0, 0.1) is 25.6 Å². The molecule has 37 heavy (non-hydrogen) atoms. The minimum Gasteiger partial charge on any atom is -0.494 e. The first-order chi connectivity index (χ1) is 17.5. The minimum atomic E-state index is -1.29. The lowest BCUT2D eigenvalue weighted by atomic mass is 10.1. The molecule has 0 spiro atoms. The number of methoxy groups -OCH3 is 2. The van der Waals surface area contributed by atoms with E-state index in [0.29, 0.717) is 64.3 Å². The van der Waals surface area contributed by atoms with Crippen molar-refractivity contribution in [3.8, 4) is 22.8 Å². The lowest BCUT2D eigenvalue weighted by Crippen LogP contribution is -2.22. The van der Waals surface area contributed by atoms with Gasteiger partial charge in [-0.2, -0.15) is 0 Å². The molecule has 0 unspecified atom stereocenters. The monoisotopic (exact) mass is 529 g/mol. The zero-order chi connectivity index (χ0) is 26.9. The predicted octanol–water partition coefficient (Wildman–Crippen LogP) is 5.75. The highest BCUT2D eigenvalue weighted by molar-refractivity contribution is 6.76. The average molecular weight is 530 g/mol. The van der Waals surface area contributed by atoms with E-state index in [1.807, 2.05) is 11.5 Å². The molecule has 3 aromatic rings. The number of fused-ring (bicyclic) bond motifs is 1. The predicted molar refractivity (Wildman–Crippen MR) is 143 cm³/mol. The van der Waals surface area contributed by atoms with Crippen LogP contribution in [-0.4, -0.2) is 56.0 Å². The van der Waals surface area contributed by atoms with Gasteiger partial charge in [-0.15, -0.1) is 0 Å². The Morgan fingerprint density at radius 2 is 1.86 bits per heavy atom. The first kappa shape index (κ1) is 27.1. The molecule has 200 valence electrons. The molecule has 0 aliphatic heterocycles. The maximum Gasteiger partial charge on any atom is 0.341 e. The van der Waals surface area contributed by atoms with Gasteiger partial charge in [-0.25, -0.2) is 19.2 Å². The highest BCUT2D eigenvalue weighted by Gasteiger charge is 2.29. The second kappa shape index (κ2) is 10.8. The molecule has 4 rings (SSSR count). The van der Waals surface area contributed by atoms with Crippen molar-refractivity contribution in [2.24, 2.45) is 5.92 Å². The standard InChI is InChI=1S/C27H36FN3O5Si/c1-16-23(27(32)34-4)25-26(31(16)15-35-10-11-37(5,6)7)24(29-17(2)30-25)19-12-22(33-3)20(28)13-21(19)36-14-18-8-9-18/h12-13,18H,8-11,14-15H2,1-7H3. The van der Waals surface area contributed by atoms with Crippen molar-refractivity contribution < 1.29 is 28.1 Å². The number of aryl methyl sites for hydroxylation is 1. The summed E-state index contributed by atoms with van der Waals surface area (Å²) in [5.74, 6) is 0.370. The molecule has 0 bridgehead atoms. The minimum absolute atomic E-state index is 0.0765. The number of nitrogens with zero attached hydrogens (tertiary/aromatic N) is 3. The Morgan fingerprint density at radius 1 is 1.14 bits per heavy atom. The summed E-state index contributed by atoms with van der Waals surface area (Å²) in [4.78, 5) is 22.2. The van der Waals surface area contributed by atoms with E-state index in [1.54, 1.807) is 13.0 Å². The van der Waals surface area contributed by atoms with Crippen LogP contribution in [0.15, 0.2) is 12.1 Å². The van der Waals surface area contributed by atoms with Crippen molar-refractivity contribution in [2.45, 2.75) is 59.1 Å². The van der Waals surface area contributed by atoms with Crippen molar-refractivity contribution in [2.75, 3.05) is 27.4 Å². The van der Waals surface area contributed by atoms with Crippen LogP contribution in [0.1, 0.15) is 34.7 Å². The number of rotatable bonds is 11. The van der Waals surface area contributed by atoms with Crippen molar-refractivity contribution in [1.29, 1.82) is 0 Å². The molecule has 1 aliphatic carbocycles. The normalized spacial score (nSPS) is 13.7. The van der Waals surface area contributed by atoms with Crippen LogP contribution in [-0.2, 0) is 16.2 Å². The number of aromatic nitrogens is 3. The number of halogens is 1. The molecule has 0 radical (unpaired) electrons. The summed E-state index contributed by atoms with van der Waals surface area (Å²) in [6.45, 7) is 11.8. The fourth-order valence-electron chi connectivity index (χ4n) is 4.19. The first-order valence-electron chi connectivity index (χ1n) is 12.6. The van der Waals surface area contributed by atoms with Gasteiger partial charge >= 0.3 is 5.97 Å². The Morgan fingerprint density at radius 3 is 2.49 bits per heavy atom. The van der Waals surface area contributed by atoms with E-state index in [9.17, 15) is 9.18 Å². The van der Waals surface area contributed by atoms with E-state index in [1.165, 1.54) is 20.3 Å². The first-order valence-corrected chi connectivity index (χ1v) is 16.3. The Bertz CT molecular complexity index is 1310. The second-order valence-electron chi connectivity index (χ2n) is 10.8. The molecular weight excluding hydrogens is 493 g/mol. The van der Waals surface area contributed by atoms with E-state index >= 15 is 0 Å². The van der Waals surface area contributed by atoms with E-state index in [2.05, 4.69) is 24.6 Å². The molecule has 2 aromatic heterocycles. The summed E-state index contributed by atoms with van der Waals surface area (Å²) in [7, 11) is 1.48. The number of carbonyl (C=O) groups excluding carboxylic acids is 1. The quantitative estimate of drug-likeness (QED) is 0.178. The molecule has 1 saturated carbocycles. The van der Waals surface area contributed by atoms with Gasteiger partial charge in [0.05, 0.1) is 26.3 Å². The van der Waals surface area contributed by atoms with Crippen molar-refractivity contribution >= 4 is 25.1 Å². The summed E-state index contributed by atoms with van der Waals surface area (Å²) < 4.78 is 39.2. The van der Waals surface area contributed by atoms with Gasteiger partial charge in [0.15, 0.2) is 11.6 Å². The molecular formula is C27H36FN3O5Si. The molecule has 1 aromatic carbocycles. The molecule has 2 heterocycles. The van der Waals surface area contributed by atoms with Crippen molar-refractivity contribution in [3.63, 3.8) is 0 Å². The van der Waals surface area contributed by atoms with Gasteiger partial charge in [0.2, 0.25) is 0 Å². The Balaban J connectivity index is 1.91. The third-order valence-electron chi connectivity index (χ3n) is 6.56. The fourth-order valence-corrected chi connectivity index (χ4v) is 4.95. The highest BCUT2D eigenvalue weighted by Crippen LogP contribution is 2.41. The summed E-state index contributed by atoms with van der Waals surface area (Å²) in [5.41, 5.74) is 3.14. The Hall–Kier alpha value is -2.98. The molecule has 0 atom stereocenters. The van der Waals surface area contributed by atoms with Crippen LogP contribution in [0.25, 0.3) is 22.3 Å². The van der Waals surface area contributed by atoms with E-state index in [4.69, 9.17) is 23.9 Å². The van der Waals surface area contributed by atoms with Crippen LogP contribution in [0.5, 0.6) is 11.5 Å². The third-order valence-corrected chi connectivity index (χ3v) is 8.26. The van der Waals surface area contributed by atoms with E-state index in [0.717, 1.165) is 18.9 Å². The molecule has 10 heteroatoms. The number of hydrogen-bond acceptors (Lipinski definition) is 7. The smallest absolute Gasteiger partial charge is 0.341 e. The zero-order valence-electron chi connectivity index (χ0n) is 22.7. The molecule has 0 N–H and O–H groups in total. The van der Waals surface area contributed by atoms with Gasteiger partial charge in [-0.05, 0) is 44.7 Å². The lowest BCUT2D eigenvalue weighted by molar-refractivity contribution is 0.0599. The summed E-state index contributed by atoms with van der Waals surface area (Å²) in [5, 5.41) is 0. The summed E-state index contributed by atoms with van der Waals surface area (Å²) >= 11 is 0. The maximum absolute atomic E-state index is 14.8. The second-order valence-corrected chi connectivity index (χ2v) is 16.4. The van der Waals surface area contributed by atoms with Crippen LogP contribution in [0.4, 0.5) is 4.39 Å². The van der Waals surface area contributed by atoms with E-state index in [-0.39, 0.29) is 12.5 Å². The topological polar surface area (TPSA) is 84.7 Å². The molecule has 1 fully saturated rings. The van der Waals surface area contributed by atoms with Gasteiger partial charge in [0.25, 0.3) is 0 Å². The molecule has 8 nitrogen and oxygen atoms in total. The van der Waals surface area contributed by atoms with Crippen LogP contribution in [0.3, 0.4) is 0 Å². The summed E-state index contributed by atoms with van der Waals surface area (Å²) in [6.07, 6.45) is 2.20. The van der Waals surface area contributed by atoms with Crippen LogP contribution < -0.4 is 9.47 Å². The zero-order valence-corrected chi connectivity index (χ0v) is 23.7. The number of ether oxygens (including phenoxy) is 4. The SMILES string of the molecule is COC(=O)c1c(C)n(COCC[Si](C)(C)C)c2c(-c3cc(OC)c(F)cc3OCC3CC3)nc(C)nc12. The maximum atomic E-state index is 14.8. The largest absolute Gasteiger partial charge is 0.494 e. The molecule has 1 aliphatic rings. The molecule has 0 amide bonds. The fraction of sp³-hybridized carbons (Fsp3) is 0.519. The van der Waals surface area contributed by atoms with Crippen LogP contribution >= 0.6 is 0 Å². The number of benzene rings is 1. The highest BCUT2D eigenvalue weighted by atomic mass is 28.3. The van der Waals surface area contributed by atoms with Crippen molar-refractivity contribution in [3.05, 3.63) is 35.0 Å². The summed E-state index contributed by atoms with van der Waals surface area (Å²) in [6, 6.07) is 3.94.